The molecular weight excluding hydrogens is 267 g/mol. The fourth-order valence-corrected chi connectivity index (χ4v) is 1.67. The first-order chi connectivity index (χ1) is 8.62. The molecule has 0 saturated carbocycles. The molecule has 0 bridgehead atoms. The second-order valence-electron chi connectivity index (χ2n) is 4.27. The minimum Gasteiger partial charge on any atom is -0.406 e. The van der Waals surface area contributed by atoms with Gasteiger partial charge in [-0.05, 0) is 6.92 Å². The number of cyclic esters (lactones) is 2. The molecule has 110 valence electrons. The third-order valence-electron chi connectivity index (χ3n) is 2.69. The van der Waals surface area contributed by atoms with Crippen LogP contribution in [-0.4, -0.2) is 30.5 Å². The summed E-state index contributed by atoms with van der Waals surface area (Å²) in [6.45, 7) is 2.89. The van der Waals surface area contributed by atoms with Gasteiger partial charge in [-0.2, -0.15) is 13.2 Å². The summed E-state index contributed by atoms with van der Waals surface area (Å²) in [4.78, 5) is 11.1. The monoisotopic (exact) mass is 283 g/mol. The van der Waals surface area contributed by atoms with Gasteiger partial charge in [0, 0.05) is 6.42 Å². The molecule has 0 aliphatic carbocycles. The Labute approximate surface area is 108 Å². The smallest absolute Gasteiger partial charge is 0.406 e. The Morgan fingerprint density at radius 2 is 2.00 bits per heavy atom. The summed E-state index contributed by atoms with van der Waals surface area (Å²) in [7, 11) is 0. The van der Waals surface area contributed by atoms with Gasteiger partial charge in [0.05, 0.1) is 13.0 Å². The summed E-state index contributed by atoms with van der Waals surface area (Å²) >= 11 is 0. The summed E-state index contributed by atoms with van der Waals surface area (Å²) in [6.07, 6.45) is -3.96. The quantitative estimate of drug-likeness (QED) is 0.620. The predicted octanol–water partition coefficient (Wildman–Crippen LogP) is 2.46. The largest absolute Gasteiger partial charge is 0.513 e. The fourth-order valence-electron chi connectivity index (χ4n) is 1.67. The Morgan fingerprint density at radius 1 is 1.37 bits per heavy atom. The van der Waals surface area contributed by atoms with Crippen LogP contribution in [0.15, 0.2) is 12.2 Å². The molecule has 2 atom stereocenters. The molecule has 0 spiro atoms. The van der Waals surface area contributed by atoms with Gasteiger partial charge < -0.3 is 14.2 Å². The number of halogens is 3. The predicted molar refractivity (Wildman–Crippen MR) is 58.9 cm³/mol. The van der Waals surface area contributed by atoms with E-state index in [1.807, 2.05) is 0 Å². The van der Waals surface area contributed by atoms with Crippen molar-refractivity contribution in [2.75, 3.05) is 6.61 Å². The molecule has 1 fully saturated rings. The first-order valence-electron chi connectivity index (χ1n) is 5.68. The van der Waals surface area contributed by atoms with Crippen LogP contribution < -0.4 is 5.73 Å². The van der Waals surface area contributed by atoms with E-state index in [0.29, 0.717) is 0 Å². The van der Waals surface area contributed by atoms with Crippen LogP contribution in [0.4, 0.5) is 18.0 Å². The van der Waals surface area contributed by atoms with E-state index in [4.69, 9.17) is 19.9 Å². The van der Waals surface area contributed by atoms with Crippen LogP contribution in [0, 0.1) is 0 Å². The van der Waals surface area contributed by atoms with Crippen molar-refractivity contribution in [2.24, 2.45) is 5.73 Å². The van der Waals surface area contributed by atoms with E-state index in [1.54, 1.807) is 6.92 Å². The molecule has 8 heteroatoms. The zero-order valence-corrected chi connectivity index (χ0v) is 10.6. The van der Waals surface area contributed by atoms with E-state index in [9.17, 15) is 18.0 Å². The molecule has 19 heavy (non-hydrogen) atoms. The van der Waals surface area contributed by atoms with Gasteiger partial charge in [0.2, 0.25) is 5.72 Å². The molecule has 0 radical (unpaired) electrons. The third-order valence-corrected chi connectivity index (χ3v) is 2.69. The number of alkyl halides is 3. The van der Waals surface area contributed by atoms with Gasteiger partial charge in [0.15, 0.2) is 0 Å². The van der Waals surface area contributed by atoms with Gasteiger partial charge in [-0.3, -0.25) is 5.73 Å². The standard InChI is InChI=1S/C11H16F3NO4/c1-3-10(9(2,15)18-8(16)19-10)17-7-5-4-6-11(12,13)14/h4-5H,3,6-7,15H2,1-2H3/b5-4-. The molecule has 1 aliphatic heterocycles. The maximum atomic E-state index is 11.9. The van der Waals surface area contributed by atoms with Crippen LogP contribution in [0.1, 0.15) is 26.7 Å². The molecule has 0 amide bonds. The highest BCUT2D eigenvalue weighted by Crippen LogP contribution is 2.37. The number of ether oxygens (including phenoxy) is 3. The van der Waals surface area contributed by atoms with Crippen molar-refractivity contribution < 1.29 is 32.2 Å². The molecule has 1 rings (SSSR count). The number of hydrogen-bond acceptors (Lipinski definition) is 5. The lowest BCUT2D eigenvalue weighted by molar-refractivity contribution is -0.228. The number of carbonyl (C=O) groups is 1. The summed E-state index contributed by atoms with van der Waals surface area (Å²) in [5.41, 5.74) is 4.26. The van der Waals surface area contributed by atoms with Crippen LogP contribution in [0.2, 0.25) is 0 Å². The fraction of sp³-hybridized carbons (Fsp3) is 0.727. The maximum Gasteiger partial charge on any atom is 0.513 e. The van der Waals surface area contributed by atoms with E-state index in [0.717, 1.165) is 6.08 Å². The molecular formula is C11H16F3NO4. The van der Waals surface area contributed by atoms with Crippen molar-refractivity contribution >= 4 is 6.16 Å². The van der Waals surface area contributed by atoms with Gasteiger partial charge >= 0.3 is 12.3 Å². The van der Waals surface area contributed by atoms with Crippen molar-refractivity contribution in [3.63, 3.8) is 0 Å². The lowest BCUT2D eigenvalue weighted by Crippen LogP contribution is -2.57. The van der Waals surface area contributed by atoms with E-state index in [1.165, 1.54) is 13.0 Å². The van der Waals surface area contributed by atoms with E-state index in [2.05, 4.69) is 0 Å². The molecule has 2 unspecified atom stereocenters. The highest BCUT2D eigenvalue weighted by atomic mass is 19.4. The average Bonchev–Trinajstić information content (AvgIpc) is 2.46. The Balaban J connectivity index is 2.57. The Kier molecular flexibility index (Phi) is 4.46. The van der Waals surface area contributed by atoms with Crippen molar-refractivity contribution in [3.8, 4) is 0 Å². The van der Waals surface area contributed by atoms with Gasteiger partial charge in [-0.15, -0.1) is 0 Å². The van der Waals surface area contributed by atoms with E-state index >= 15 is 0 Å². The van der Waals surface area contributed by atoms with Gasteiger partial charge in [0.25, 0.3) is 5.79 Å². The van der Waals surface area contributed by atoms with Gasteiger partial charge in [-0.1, -0.05) is 19.1 Å². The van der Waals surface area contributed by atoms with Crippen molar-refractivity contribution in [2.45, 2.75) is 44.4 Å². The SMILES string of the molecule is CCC1(OC/C=C\CC(F)(F)F)OC(=O)OC1(C)N. The number of carbonyl (C=O) groups excluding carboxylic acids is 1. The summed E-state index contributed by atoms with van der Waals surface area (Å²) in [5.74, 6) is -1.49. The minimum atomic E-state index is -4.26. The first-order valence-corrected chi connectivity index (χ1v) is 5.68. The zero-order chi connectivity index (χ0) is 14.7. The molecule has 0 aromatic rings. The molecule has 0 aromatic carbocycles. The summed E-state index contributed by atoms with van der Waals surface area (Å²) in [6, 6.07) is 0. The van der Waals surface area contributed by atoms with Crippen molar-refractivity contribution in [1.29, 1.82) is 0 Å². The van der Waals surface area contributed by atoms with Crippen LogP contribution in [0.5, 0.6) is 0 Å². The average molecular weight is 283 g/mol. The van der Waals surface area contributed by atoms with E-state index in [-0.39, 0.29) is 13.0 Å². The van der Waals surface area contributed by atoms with Crippen LogP contribution in [0.3, 0.4) is 0 Å². The van der Waals surface area contributed by atoms with Crippen molar-refractivity contribution in [3.05, 3.63) is 12.2 Å². The Bertz CT molecular complexity index is 367. The molecule has 2 N–H and O–H groups in total. The van der Waals surface area contributed by atoms with Gasteiger partial charge in [0.1, 0.15) is 0 Å². The molecule has 1 saturated heterocycles. The van der Waals surface area contributed by atoms with E-state index < -0.39 is 30.3 Å². The Hall–Kier alpha value is -1.28. The Morgan fingerprint density at radius 3 is 2.42 bits per heavy atom. The second kappa shape index (κ2) is 5.38. The highest BCUT2D eigenvalue weighted by molar-refractivity contribution is 5.63. The van der Waals surface area contributed by atoms with Crippen molar-refractivity contribution in [1.82, 2.24) is 0 Å². The first kappa shape index (κ1) is 15.8. The van der Waals surface area contributed by atoms with Crippen LogP contribution in [-0.2, 0) is 14.2 Å². The molecule has 1 heterocycles. The number of allylic oxidation sites excluding steroid dienone is 1. The van der Waals surface area contributed by atoms with Gasteiger partial charge in [-0.25, -0.2) is 4.79 Å². The number of hydrogen-bond donors (Lipinski definition) is 1. The highest BCUT2D eigenvalue weighted by Gasteiger charge is 2.58. The lowest BCUT2D eigenvalue weighted by Gasteiger charge is -2.33. The minimum absolute atomic E-state index is 0.173. The summed E-state index contributed by atoms with van der Waals surface area (Å²) < 4.78 is 50.6. The second-order valence-corrected chi connectivity index (χ2v) is 4.27. The topological polar surface area (TPSA) is 70.8 Å². The maximum absolute atomic E-state index is 11.9. The molecule has 1 aliphatic rings. The van der Waals surface area contributed by atoms with Crippen LogP contribution >= 0.6 is 0 Å². The van der Waals surface area contributed by atoms with Crippen LogP contribution in [0.25, 0.3) is 0 Å². The summed E-state index contributed by atoms with van der Waals surface area (Å²) in [5, 5.41) is 0. The third kappa shape index (κ3) is 3.84. The molecule has 5 nitrogen and oxygen atoms in total. The molecule has 0 aromatic heterocycles. The lowest BCUT2D eigenvalue weighted by atomic mass is 10.0. The normalized spacial score (nSPS) is 31.6. The zero-order valence-electron chi connectivity index (χ0n) is 10.6. The number of rotatable bonds is 5. The number of nitrogens with two attached hydrogens (primary N) is 1.